The van der Waals surface area contributed by atoms with Gasteiger partial charge in [0.25, 0.3) is 0 Å². The predicted octanol–water partition coefficient (Wildman–Crippen LogP) is 9.01. The average molecular weight is 547 g/mol. The van der Waals surface area contributed by atoms with Gasteiger partial charge in [-0.05, 0) is 105 Å². The molecular formula is C31H41F3N2O3. The van der Waals surface area contributed by atoms with Crippen LogP contribution in [0.5, 0.6) is 5.75 Å². The molecule has 214 valence electrons. The Morgan fingerprint density at radius 1 is 1.10 bits per heavy atom. The molecule has 0 saturated heterocycles. The number of carbonyl (C=O) groups excluding carboxylic acids is 1. The largest absolute Gasteiger partial charge is 0.573 e. The lowest BCUT2D eigenvalue weighted by atomic mass is 9.68. The smallest absolute Gasteiger partial charge is 0.465 e. The molecule has 1 saturated carbocycles. The number of esters is 1. The number of alkyl halides is 3. The van der Waals surface area contributed by atoms with Crippen LogP contribution in [0.15, 0.2) is 41.4 Å². The van der Waals surface area contributed by atoms with E-state index in [1.54, 1.807) is 6.07 Å². The zero-order chi connectivity index (χ0) is 28.7. The molecule has 0 spiro atoms. The monoisotopic (exact) mass is 546 g/mol. The van der Waals surface area contributed by atoms with Gasteiger partial charge in [-0.2, -0.15) is 0 Å². The van der Waals surface area contributed by atoms with E-state index in [4.69, 9.17) is 9.73 Å². The molecule has 2 aromatic rings. The maximum Gasteiger partial charge on any atom is 0.573 e. The highest BCUT2D eigenvalue weighted by Gasteiger charge is 2.31. The van der Waals surface area contributed by atoms with Gasteiger partial charge in [-0.15, -0.1) is 13.2 Å². The molecule has 39 heavy (non-hydrogen) atoms. The highest BCUT2D eigenvalue weighted by Crippen LogP contribution is 2.40. The summed E-state index contributed by atoms with van der Waals surface area (Å²) in [5.41, 5.74) is 3.42. The van der Waals surface area contributed by atoms with Crippen LogP contribution in [0.4, 0.5) is 24.5 Å². The topological polar surface area (TPSA) is 59.9 Å². The number of amidine groups is 1. The van der Waals surface area contributed by atoms with Crippen molar-refractivity contribution >= 4 is 23.2 Å². The summed E-state index contributed by atoms with van der Waals surface area (Å²) in [6, 6.07) is 9.26. The lowest BCUT2D eigenvalue weighted by molar-refractivity contribution is -0.274. The molecule has 0 heterocycles. The van der Waals surface area contributed by atoms with Crippen LogP contribution < -0.4 is 10.1 Å². The molecule has 3 atom stereocenters. The normalized spacial score (nSPS) is 20.2. The molecule has 1 aliphatic rings. The van der Waals surface area contributed by atoms with Crippen LogP contribution in [0.2, 0.25) is 0 Å². The van der Waals surface area contributed by atoms with E-state index in [9.17, 15) is 18.0 Å². The molecule has 1 N–H and O–H groups in total. The first-order valence-electron chi connectivity index (χ1n) is 13.8. The van der Waals surface area contributed by atoms with Gasteiger partial charge in [-0.1, -0.05) is 33.3 Å². The fourth-order valence-electron chi connectivity index (χ4n) is 5.75. The van der Waals surface area contributed by atoms with Gasteiger partial charge < -0.3 is 14.8 Å². The van der Waals surface area contributed by atoms with Crippen LogP contribution in [0.3, 0.4) is 0 Å². The van der Waals surface area contributed by atoms with Gasteiger partial charge in [0.1, 0.15) is 11.6 Å². The third-order valence-electron chi connectivity index (χ3n) is 7.73. The second-order valence-electron chi connectivity index (χ2n) is 11.2. The van der Waals surface area contributed by atoms with E-state index < -0.39 is 12.3 Å². The van der Waals surface area contributed by atoms with E-state index in [0.717, 1.165) is 35.8 Å². The van der Waals surface area contributed by atoms with Crippen molar-refractivity contribution < 1.29 is 27.4 Å². The van der Waals surface area contributed by atoms with Gasteiger partial charge in [0.05, 0.1) is 18.4 Å². The maximum absolute atomic E-state index is 12.6. The van der Waals surface area contributed by atoms with Gasteiger partial charge in [0.2, 0.25) is 0 Å². The minimum absolute atomic E-state index is 0.283. The van der Waals surface area contributed by atoms with Gasteiger partial charge in [0, 0.05) is 12.1 Å². The van der Waals surface area contributed by atoms with E-state index in [-0.39, 0.29) is 5.75 Å². The van der Waals surface area contributed by atoms with E-state index in [2.05, 4.69) is 30.8 Å². The summed E-state index contributed by atoms with van der Waals surface area (Å²) >= 11 is 0. The lowest BCUT2D eigenvalue weighted by Crippen LogP contribution is -2.27. The number of rotatable bonds is 9. The minimum Gasteiger partial charge on any atom is -0.465 e. The fraction of sp³-hybridized carbons (Fsp3) is 0.548. The summed E-state index contributed by atoms with van der Waals surface area (Å²) in [6.45, 7) is 10.8. The van der Waals surface area contributed by atoms with Crippen molar-refractivity contribution in [3.63, 3.8) is 0 Å². The van der Waals surface area contributed by atoms with Crippen molar-refractivity contribution in [2.24, 2.45) is 28.7 Å². The lowest BCUT2D eigenvalue weighted by Gasteiger charge is -2.37. The molecule has 0 aliphatic heterocycles. The van der Waals surface area contributed by atoms with Crippen LogP contribution >= 0.6 is 0 Å². The number of halogens is 3. The van der Waals surface area contributed by atoms with E-state index >= 15 is 0 Å². The zero-order valence-corrected chi connectivity index (χ0v) is 23.8. The molecule has 0 unspecified atom stereocenters. The average Bonchev–Trinajstić information content (AvgIpc) is 2.85. The van der Waals surface area contributed by atoms with E-state index in [0.29, 0.717) is 41.0 Å². The Labute approximate surface area is 230 Å². The number of aryl methyl sites for hydroxylation is 2. The molecular weight excluding hydrogens is 505 g/mol. The molecule has 8 heteroatoms. The number of aliphatic imine (C=N–C) groups is 1. The number of anilines is 1. The molecule has 2 aromatic carbocycles. The molecule has 0 radical (unpaired) electrons. The van der Waals surface area contributed by atoms with Crippen molar-refractivity contribution in [2.75, 3.05) is 12.4 Å². The molecule has 0 bridgehead atoms. The van der Waals surface area contributed by atoms with Crippen molar-refractivity contribution in [1.82, 2.24) is 0 Å². The number of benzene rings is 2. The third-order valence-corrected chi connectivity index (χ3v) is 7.73. The number of hydrogen-bond donors (Lipinski definition) is 1. The van der Waals surface area contributed by atoms with Gasteiger partial charge in [0.15, 0.2) is 0 Å². The number of nitrogens with one attached hydrogen (secondary N) is 1. The molecule has 0 aromatic heterocycles. The van der Waals surface area contributed by atoms with Crippen LogP contribution in [0, 0.1) is 37.5 Å². The third kappa shape index (κ3) is 9.01. The van der Waals surface area contributed by atoms with Gasteiger partial charge in [-0.25, -0.2) is 9.79 Å². The van der Waals surface area contributed by atoms with Crippen LogP contribution in [-0.4, -0.2) is 25.3 Å². The number of nitrogens with zero attached hydrogens (tertiary/aromatic N) is 1. The highest BCUT2D eigenvalue weighted by molar-refractivity contribution is 5.98. The van der Waals surface area contributed by atoms with Crippen molar-refractivity contribution in [3.05, 3.63) is 53.1 Å². The Morgan fingerprint density at radius 2 is 1.79 bits per heavy atom. The second kappa shape index (κ2) is 13.4. The van der Waals surface area contributed by atoms with Crippen molar-refractivity contribution in [1.29, 1.82) is 0 Å². The van der Waals surface area contributed by atoms with Gasteiger partial charge >= 0.3 is 12.3 Å². The van der Waals surface area contributed by atoms with Gasteiger partial charge in [-0.3, -0.25) is 0 Å². The quantitative estimate of drug-likeness (QED) is 0.194. The summed E-state index contributed by atoms with van der Waals surface area (Å²) in [5.74, 6) is 2.75. The molecule has 1 aliphatic carbocycles. The molecule has 5 nitrogen and oxygen atoms in total. The highest BCUT2D eigenvalue weighted by atomic mass is 19.4. The van der Waals surface area contributed by atoms with Crippen LogP contribution in [0.1, 0.15) is 80.8 Å². The number of methoxy groups -OCH3 is 1. The Kier molecular flexibility index (Phi) is 10.4. The molecule has 0 amide bonds. The van der Waals surface area contributed by atoms with E-state index in [1.165, 1.54) is 50.6 Å². The maximum atomic E-state index is 12.6. The number of ether oxygens (including phenoxy) is 2. The summed E-state index contributed by atoms with van der Waals surface area (Å²) in [6.07, 6.45) is 1.74. The summed E-state index contributed by atoms with van der Waals surface area (Å²) < 4.78 is 46.7. The standard InChI is InChI=1S/C31H41F3N2O3/c1-19(2)26-15-10-20(3)16-23(26)8-7-9-29(35-24-11-13-25(14-12-24)39-31(32,33)34)36-28-18-27(30(37)38-6)21(4)17-22(28)5/h11-14,17-20,23,26H,7-10,15-16H2,1-6H3,(H,35,36)/t20-,23-,26+/m1/s1. The summed E-state index contributed by atoms with van der Waals surface area (Å²) in [7, 11) is 1.35. The second-order valence-corrected chi connectivity index (χ2v) is 11.2. The van der Waals surface area contributed by atoms with Crippen molar-refractivity contribution in [2.45, 2.75) is 79.5 Å². The Morgan fingerprint density at radius 3 is 2.41 bits per heavy atom. The Bertz CT molecular complexity index is 1140. The Balaban J connectivity index is 1.85. The number of carbonyl (C=O) groups is 1. The van der Waals surface area contributed by atoms with Crippen LogP contribution in [0.25, 0.3) is 0 Å². The number of hydrogen-bond acceptors (Lipinski definition) is 4. The molecule has 1 fully saturated rings. The molecule has 3 rings (SSSR count). The minimum atomic E-state index is -4.74. The van der Waals surface area contributed by atoms with Crippen LogP contribution in [-0.2, 0) is 4.74 Å². The first kappa shape index (κ1) is 30.5. The Hall–Kier alpha value is -3.03. The van der Waals surface area contributed by atoms with E-state index in [1.807, 2.05) is 19.9 Å². The predicted molar refractivity (Wildman–Crippen MR) is 150 cm³/mol. The fourth-order valence-corrected chi connectivity index (χ4v) is 5.75. The first-order valence-corrected chi connectivity index (χ1v) is 13.8. The first-order chi connectivity index (χ1) is 18.4. The van der Waals surface area contributed by atoms with Crippen molar-refractivity contribution in [3.8, 4) is 5.75 Å². The SMILES string of the molecule is COC(=O)c1cc(N=C(CCC[C@@H]2C[C@H](C)CC[C@H]2C(C)C)Nc2ccc(OC(F)(F)F)cc2)c(C)cc1C. The zero-order valence-electron chi connectivity index (χ0n) is 23.8. The summed E-state index contributed by atoms with van der Waals surface area (Å²) in [4.78, 5) is 17.2. The summed E-state index contributed by atoms with van der Waals surface area (Å²) in [5, 5.41) is 3.30.